The molecule has 0 fully saturated rings. The fourth-order valence-electron chi connectivity index (χ4n) is 2.23. The normalized spacial score (nSPS) is 10.5. The summed E-state index contributed by atoms with van der Waals surface area (Å²) in [5.41, 5.74) is 4.51. The molecule has 0 aliphatic rings. The predicted molar refractivity (Wildman–Crippen MR) is 98.3 cm³/mol. The molecule has 10 heteroatoms. The molecule has 0 saturated heterocycles. The summed E-state index contributed by atoms with van der Waals surface area (Å²) in [5.74, 6) is -1.51. The minimum absolute atomic E-state index is 0.294. The van der Waals surface area contributed by atoms with E-state index in [2.05, 4.69) is 0 Å². The van der Waals surface area contributed by atoms with Crippen molar-refractivity contribution in [2.75, 3.05) is 18.9 Å². The van der Waals surface area contributed by atoms with Gasteiger partial charge in [-0.15, -0.1) is 0 Å². The zero-order chi connectivity index (χ0) is 20.3. The van der Waals surface area contributed by atoms with Gasteiger partial charge in [-0.3, -0.25) is 18.7 Å². The molecule has 0 spiro atoms. The number of hydrogen-bond acceptors (Lipinski definition) is 7. The van der Waals surface area contributed by atoms with Crippen LogP contribution in [0, 0.1) is 6.92 Å². The van der Waals surface area contributed by atoms with Crippen LogP contribution in [0.15, 0.2) is 27.8 Å². The number of rotatable bonds is 6. The van der Waals surface area contributed by atoms with Crippen molar-refractivity contribution in [2.24, 2.45) is 14.1 Å². The van der Waals surface area contributed by atoms with Gasteiger partial charge in [-0.1, -0.05) is 11.6 Å². The third kappa shape index (κ3) is 4.37. The first-order chi connectivity index (χ1) is 12.6. The molecule has 0 atom stereocenters. The quantitative estimate of drug-likeness (QED) is 0.555. The van der Waals surface area contributed by atoms with Crippen molar-refractivity contribution in [1.82, 2.24) is 9.13 Å². The fourth-order valence-corrected chi connectivity index (χ4v) is 2.35. The lowest BCUT2D eigenvalue weighted by atomic mass is 10.2. The number of ether oxygens (including phenoxy) is 2. The molecule has 0 bridgehead atoms. The Bertz CT molecular complexity index is 1020. The average molecular weight is 396 g/mol. The number of hydrogen-bond donors (Lipinski definition) is 1. The Kier molecular flexibility index (Phi) is 6.06. The van der Waals surface area contributed by atoms with E-state index in [0.717, 1.165) is 14.7 Å². The molecule has 27 heavy (non-hydrogen) atoms. The third-order valence-corrected chi connectivity index (χ3v) is 4.26. The van der Waals surface area contributed by atoms with Crippen LogP contribution in [0.25, 0.3) is 0 Å². The summed E-state index contributed by atoms with van der Waals surface area (Å²) in [6.45, 7) is 0.638. The maximum absolute atomic E-state index is 12.2. The third-order valence-electron chi connectivity index (χ3n) is 3.84. The number of aromatic nitrogens is 2. The van der Waals surface area contributed by atoms with Gasteiger partial charge in [0.05, 0.1) is 0 Å². The lowest BCUT2D eigenvalue weighted by Gasteiger charge is -2.11. The molecule has 1 aromatic heterocycles. The van der Waals surface area contributed by atoms with Gasteiger partial charge in [0.2, 0.25) is 5.78 Å². The second-order valence-electron chi connectivity index (χ2n) is 5.75. The molecular weight excluding hydrogens is 378 g/mol. The van der Waals surface area contributed by atoms with Gasteiger partial charge in [0, 0.05) is 19.1 Å². The molecule has 2 N–H and O–H groups in total. The number of nitrogen functional groups attached to an aromatic ring is 1. The number of carbonyl (C=O) groups excluding carboxylic acids is 2. The molecule has 144 valence electrons. The summed E-state index contributed by atoms with van der Waals surface area (Å²) in [7, 11) is 2.54. The highest BCUT2D eigenvalue weighted by molar-refractivity contribution is 6.31. The van der Waals surface area contributed by atoms with Crippen LogP contribution in [-0.4, -0.2) is 34.1 Å². The first-order valence-electron chi connectivity index (χ1n) is 7.76. The highest BCUT2D eigenvalue weighted by Crippen LogP contribution is 2.20. The Morgan fingerprint density at radius 3 is 2.44 bits per heavy atom. The van der Waals surface area contributed by atoms with E-state index in [-0.39, 0.29) is 5.82 Å². The van der Waals surface area contributed by atoms with E-state index in [1.165, 1.54) is 14.1 Å². The average Bonchev–Trinajstić information content (AvgIpc) is 2.64. The fraction of sp³-hybridized carbons (Fsp3) is 0.294. The number of aryl methyl sites for hydroxylation is 1. The van der Waals surface area contributed by atoms with Crippen molar-refractivity contribution in [1.29, 1.82) is 0 Å². The molecule has 1 aromatic carbocycles. The second-order valence-corrected chi connectivity index (χ2v) is 6.16. The van der Waals surface area contributed by atoms with Crippen LogP contribution in [0.5, 0.6) is 5.75 Å². The lowest BCUT2D eigenvalue weighted by molar-refractivity contribution is -0.144. The van der Waals surface area contributed by atoms with E-state index >= 15 is 0 Å². The summed E-state index contributed by atoms with van der Waals surface area (Å²) in [6.07, 6.45) is 0. The maximum Gasteiger partial charge on any atom is 0.344 e. The molecule has 0 aliphatic carbocycles. The van der Waals surface area contributed by atoms with Crippen LogP contribution in [0.1, 0.15) is 15.9 Å². The van der Waals surface area contributed by atoms with Crippen molar-refractivity contribution >= 4 is 29.2 Å². The van der Waals surface area contributed by atoms with E-state index in [0.29, 0.717) is 10.8 Å². The van der Waals surface area contributed by atoms with Gasteiger partial charge in [-0.25, -0.2) is 9.59 Å². The highest BCUT2D eigenvalue weighted by Gasteiger charge is 2.21. The van der Waals surface area contributed by atoms with Crippen LogP contribution in [0.3, 0.4) is 0 Å². The molecule has 1 heterocycles. The van der Waals surface area contributed by atoms with Crippen LogP contribution in [0.2, 0.25) is 5.02 Å². The zero-order valence-electron chi connectivity index (χ0n) is 14.9. The monoisotopic (exact) mass is 395 g/mol. The number of benzene rings is 1. The second kappa shape index (κ2) is 8.09. The van der Waals surface area contributed by atoms with Crippen LogP contribution in [0.4, 0.5) is 5.82 Å². The molecule has 0 unspecified atom stereocenters. The van der Waals surface area contributed by atoms with Crippen LogP contribution >= 0.6 is 11.6 Å². The first kappa shape index (κ1) is 20.2. The number of ketones is 1. The molecule has 0 aliphatic heterocycles. The number of carbonyl (C=O) groups is 2. The van der Waals surface area contributed by atoms with Crippen molar-refractivity contribution in [3.63, 3.8) is 0 Å². The van der Waals surface area contributed by atoms with Crippen LogP contribution < -0.4 is 21.7 Å². The standard InChI is InChI=1S/C17H18ClN3O6/c1-9-6-10(4-5-11(9)18)26-8-13(23)27-7-12(22)14-15(19)20(2)17(25)21(3)16(14)24/h4-6H,7-8,19H2,1-3H3. The number of nitrogens with zero attached hydrogens (tertiary/aromatic N) is 2. The molecular formula is C17H18ClN3O6. The predicted octanol–water partition coefficient (Wildman–Crippen LogP) is 0.433. The number of Topliss-reactive ketones (excluding diaryl/α,β-unsaturated/α-hetero) is 1. The van der Waals surface area contributed by atoms with Gasteiger partial charge in [-0.2, -0.15) is 0 Å². The Morgan fingerprint density at radius 1 is 1.15 bits per heavy atom. The van der Waals surface area contributed by atoms with Crippen molar-refractivity contribution < 1.29 is 19.1 Å². The summed E-state index contributed by atoms with van der Waals surface area (Å²) in [5, 5.41) is 0.562. The molecule has 2 rings (SSSR count). The topological polar surface area (TPSA) is 123 Å². The van der Waals surface area contributed by atoms with E-state index < -0.39 is 41.8 Å². The maximum atomic E-state index is 12.2. The highest BCUT2D eigenvalue weighted by atomic mass is 35.5. The Hall–Kier alpha value is -3.07. The van der Waals surface area contributed by atoms with Crippen molar-refractivity contribution in [3.05, 3.63) is 55.2 Å². The number of anilines is 1. The van der Waals surface area contributed by atoms with E-state index in [4.69, 9.17) is 26.8 Å². The Labute approximate surface area is 158 Å². The van der Waals surface area contributed by atoms with E-state index in [1.54, 1.807) is 25.1 Å². The van der Waals surface area contributed by atoms with E-state index in [9.17, 15) is 19.2 Å². The number of halogens is 1. The van der Waals surface area contributed by atoms with Gasteiger partial charge in [0.25, 0.3) is 5.56 Å². The largest absolute Gasteiger partial charge is 0.482 e. The lowest BCUT2D eigenvalue weighted by Crippen LogP contribution is -2.42. The van der Waals surface area contributed by atoms with Crippen LogP contribution in [-0.2, 0) is 23.6 Å². The van der Waals surface area contributed by atoms with Crippen molar-refractivity contribution in [2.45, 2.75) is 6.92 Å². The molecule has 9 nitrogen and oxygen atoms in total. The molecule has 0 amide bonds. The zero-order valence-corrected chi connectivity index (χ0v) is 15.7. The SMILES string of the molecule is Cc1cc(OCC(=O)OCC(=O)c2c(N)n(C)c(=O)n(C)c2=O)ccc1Cl. The summed E-state index contributed by atoms with van der Waals surface area (Å²) >= 11 is 5.90. The number of esters is 1. The summed E-state index contributed by atoms with van der Waals surface area (Å²) < 4.78 is 11.8. The summed E-state index contributed by atoms with van der Waals surface area (Å²) in [6, 6.07) is 4.86. The minimum Gasteiger partial charge on any atom is -0.482 e. The van der Waals surface area contributed by atoms with Gasteiger partial charge in [0.15, 0.2) is 13.2 Å². The molecule has 0 radical (unpaired) electrons. The Balaban J connectivity index is 2.01. The molecule has 2 aromatic rings. The van der Waals surface area contributed by atoms with Crippen molar-refractivity contribution in [3.8, 4) is 5.75 Å². The Morgan fingerprint density at radius 2 is 1.81 bits per heavy atom. The summed E-state index contributed by atoms with van der Waals surface area (Å²) in [4.78, 5) is 47.8. The first-order valence-corrected chi connectivity index (χ1v) is 8.14. The molecule has 0 saturated carbocycles. The van der Waals surface area contributed by atoms with Gasteiger partial charge < -0.3 is 15.2 Å². The van der Waals surface area contributed by atoms with Gasteiger partial charge >= 0.3 is 11.7 Å². The van der Waals surface area contributed by atoms with Gasteiger partial charge in [0.1, 0.15) is 17.1 Å². The minimum atomic E-state index is -0.857. The van der Waals surface area contributed by atoms with E-state index in [1.807, 2.05) is 0 Å². The smallest absolute Gasteiger partial charge is 0.344 e. The van der Waals surface area contributed by atoms with Gasteiger partial charge in [-0.05, 0) is 30.7 Å². The number of nitrogens with two attached hydrogens (primary N) is 1.